The van der Waals surface area contributed by atoms with Crippen molar-refractivity contribution in [2.24, 2.45) is 4.99 Å². The van der Waals surface area contributed by atoms with Crippen LogP contribution < -0.4 is 5.32 Å². The number of aromatic nitrogens is 1. The third kappa shape index (κ3) is 1.48. The molecule has 0 aliphatic carbocycles. The van der Waals surface area contributed by atoms with E-state index in [2.05, 4.69) is 15.5 Å². The molecule has 0 unspecified atom stereocenters. The van der Waals surface area contributed by atoms with Crippen LogP contribution in [0.2, 0.25) is 0 Å². The Bertz CT molecular complexity index is 515. The zero-order valence-corrected chi connectivity index (χ0v) is 8.23. The molecule has 0 fully saturated rings. The van der Waals surface area contributed by atoms with Crippen LogP contribution in [0.4, 0.5) is 0 Å². The number of benzene rings is 1. The first kappa shape index (κ1) is 8.47. The van der Waals surface area contributed by atoms with Crippen molar-refractivity contribution in [3.05, 3.63) is 30.0 Å². The normalized spacial score (nSPS) is 15.3. The van der Waals surface area contributed by atoms with Gasteiger partial charge in [-0.05, 0) is 12.1 Å². The number of nitrogens with one attached hydrogen (secondary N) is 1. The van der Waals surface area contributed by atoms with E-state index in [1.807, 2.05) is 24.3 Å². The number of aliphatic imine (C=N–C) groups is 1. The SMILES string of the molecule is c1ccc2c(CC3=NCCN3)noc2c1. The minimum atomic E-state index is 0.733. The maximum absolute atomic E-state index is 5.23. The molecular formula is C11H11N3O. The lowest BCUT2D eigenvalue weighted by molar-refractivity contribution is 0.449. The second-order valence-corrected chi connectivity index (χ2v) is 3.56. The minimum Gasteiger partial charge on any atom is -0.372 e. The summed E-state index contributed by atoms with van der Waals surface area (Å²) in [6.45, 7) is 1.80. The van der Waals surface area contributed by atoms with Crippen LogP contribution in [0, 0.1) is 0 Å². The van der Waals surface area contributed by atoms with Crippen molar-refractivity contribution in [1.29, 1.82) is 0 Å². The molecule has 4 heteroatoms. The van der Waals surface area contributed by atoms with Gasteiger partial charge in [0.15, 0.2) is 5.58 Å². The molecule has 0 radical (unpaired) electrons. The Hall–Kier alpha value is -1.84. The van der Waals surface area contributed by atoms with Gasteiger partial charge in [-0.25, -0.2) is 0 Å². The first-order valence-electron chi connectivity index (χ1n) is 5.04. The van der Waals surface area contributed by atoms with Crippen LogP contribution in [0.1, 0.15) is 5.69 Å². The van der Waals surface area contributed by atoms with Gasteiger partial charge in [-0.3, -0.25) is 4.99 Å². The lowest BCUT2D eigenvalue weighted by atomic mass is 10.1. The van der Waals surface area contributed by atoms with Crippen molar-refractivity contribution in [2.75, 3.05) is 13.1 Å². The molecule has 1 aliphatic heterocycles. The Morgan fingerprint density at radius 1 is 1.33 bits per heavy atom. The molecule has 2 aromatic rings. The third-order valence-electron chi connectivity index (χ3n) is 2.53. The number of nitrogens with zero attached hydrogens (tertiary/aromatic N) is 2. The van der Waals surface area contributed by atoms with Gasteiger partial charge in [0.1, 0.15) is 5.84 Å². The van der Waals surface area contributed by atoms with E-state index < -0.39 is 0 Å². The first-order chi connectivity index (χ1) is 7.43. The Balaban J connectivity index is 1.97. The van der Waals surface area contributed by atoms with Crippen molar-refractivity contribution >= 4 is 16.8 Å². The van der Waals surface area contributed by atoms with Crippen LogP contribution in [0.3, 0.4) is 0 Å². The molecule has 4 nitrogen and oxygen atoms in total. The molecule has 0 bridgehead atoms. The van der Waals surface area contributed by atoms with Gasteiger partial charge < -0.3 is 9.84 Å². The van der Waals surface area contributed by atoms with Gasteiger partial charge in [0.2, 0.25) is 0 Å². The number of hydrogen-bond acceptors (Lipinski definition) is 4. The van der Waals surface area contributed by atoms with Gasteiger partial charge in [-0.1, -0.05) is 17.3 Å². The second kappa shape index (κ2) is 3.38. The molecule has 3 rings (SSSR count). The summed E-state index contributed by atoms with van der Waals surface area (Å²) >= 11 is 0. The average Bonchev–Trinajstić information content (AvgIpc) is 2.89. The van der Waals surface area contributed by atoms with Crippen molar-refractivity contribution in [3.63, 3.8) is 0 Å². The lowest BCUT2D eigenvalue weighted by Crippen LogP contribution is -2.20. The van der Waals surface area contributed by atoms with E-state index in [-0.39, 0.29) is 0 Å². The largest absolute Gasteiger partial charge is 0.372 e. The molecule has 1 aliphatic rings. The van der Waals surface area contributed by atoms with E-state index in [1.54, 1.807) is 0 Å². The van der Waals surface area contributed by atoms with Crippen LogP contribution in [-0.4, -0.2) is 24.1 Å². The van der Waals surface area contributed by atoms with Crippen LogP contribution in [0.15, 0.2) is 33.8 Å². The smallest absolute Gasteiger partial charge is 0.167 e. The highest BCUT2D eigenvalue weighted by atomic mass is 16.5. The summed E-state index contributed by atoms with van der Waals surface area (Å²) in [5.41, 5.74) is 1.80. The zero-order chi connectivity index (χ0) is 10.1. The zero-order valence-electron chi connectivity index (χ0n) is 8.23. The molecule has 0 atom stereocenters. The first-order valence-corrected chi connectivity index (χ1v) is 5.04. The highest BCUT2D eigenvalue weighted by Crippen LogP contribution is 2.18. The van der Waals surface area contributed by atoms with Gasteiger partial charge in [-0.15, -0.1) is 0 Å². The topological polar surface area (TPSA) is 50.4 Å². The molecule has 0 spiro atoms. The number of hydrogen-bond donors (Lipinski definition) is 1. The summed E-state index contributed by atoms with van der Waals surface area (Å²) in [7, 11) is 0. The fourth-order valence-electron chi connectivity index (χ4n) is 1.79. The number of para-hydroxylation sites is 1. The Kier molecular flexibility index (Phi) is 1.91. The van der Waals surface area contributed by atoms with Crippen molar-refractivity contribution in [1.82, 2.24) is 10.5 Å². The van der Waals surface area contributed by atoms with Crippen LogP contribution in [0.5, 0.6) is 0 Å². The Morgan fingerprint density at radius 3 is 3.13 bits per heavy atom. The van der Waals surface area contributed by atoms with Crippen LogP contribution >= 0.6 is 0 Å². The summed E-state index contributed by atoms with van der Waals surface area (Å²) in [6.07, 6.45) is 0.733. The summed E-state index contributed by atoms with van der Waals surface area (Å²) in [6, 6.07) is 7.89. The average molecular weight is 201 g/mol. The summed E-state index contributed by atoms with van der Waals surface area (Å²) < 4.78 is 5.23. The van der Waals surface area contributed by atoms with Gasteiger partial charge in [0.25, 0.3) is 0 Å². The van der Waals surface area contributed by atoms with Crippen molar-refractivity contribution in [2.45, 2.75) is 6.42 Å². The Morgan fingerprint density at radius 2 is 2.27 bits per heavy atom. The van der Waals surface area contributed by atoms with E-state index in [0.29, 0.717) is 0 Å². The quantitative estimate of drug-likeness (QED) is 0.798. The van der Waals surface area contributed by atoms with Gasteiger partial charge in [0, 0.05) is 11.9 Å². The van der Waals surface area contributed by atoms with Crippen molar-refractivity contribution in [3.8, 4) is 0 Å². The molecule has 1 N–H and O–H groups in total. The van der Waals surface area contributed by atoms with Gasteiger partial charge in [-0.2, -0.15) is 0 Å². The molecule has 2 heterocycles. The molecule has 1 aromatic heterocycles. The summed E-state index contributed by atoms with van der Waals surface area (Å²) in [5.74, 6) is 1.01. The molecule has 15 heavy (non-hydrogen) atoms. The number of rotatable bonds is 2. The lowest BCUT2D eigenvalue weighted by Gasteiger charge is -1.97. The predicted octanol–water partition coefficient (Wildman–Crippen LogP) is 1.37. The van der Waals surface area contributed by atoms with E-state index in [4.69, 9.17) is 4.52 Å². The van der Waals surface area contributed by atoms with Gasteiger partial charge in [0.05, 0.1) is 18.7 Å². The van der Waals surface area contributed by atoms with Crippen molar-refractivity contribution < 1.29 is 4.52 Å². The summed E-state index contributed by atoms with van der Waals surface area (Å²) in [4.78, 5) is 4.34. The minimum absolute atomic E-state index is 0.733. The van der Waals surface area contributed by atoms with E-state index in [1.165, 1.54) is 0 Å². The maximum Gasteiger partial charge on any atom is 0.167 e. The molecule has 0 amide bonds. The predicted molar refractivity (Wildman–Crippen MR) is 58.0 cm³/mol. The monoisotopic (exact) mass is 201 g/mol. The van der Waals surface area contributed by atoms with Crippen LogP contribution in [0.25, 0.3) is 11.0 Å². The van der Waals surface area contributed by atoms with Crippen LogP contribution in [-0.2, 0) is 6.42 Å². The summed E-state index contributed by atoms with van der Waals surface area (Å²) in [5, 5.41) is 8.37. The highest BCUT2D eigenvalue weighted by molar-refractivity contribution is 5.90. The second-order valence-electron chi connectivity index (χ2n) is 3.56. The fraction of sp³-hybridized carbons (Fsp3) is 0.273. The molecule has 0 saturated carbocycles. The molecular weight excluding hydrogens is 190 g/mol. The standard InChI is InChI=1S/C11H11N3O/c1-2-4-10-8(3-1)9(14-15-10)7-11-12-5-6-13-11/h1-4H,5-7H2,(H,12,13). The highest BCUT2D eigenvalue weighted by Gasteiger charge is 2.12. The molecule has 0 saturated heterocycles. The fourth-order valence-corrected chi connectivity index (χ4v) is 1.79. The Labute approximate surface area is 87.0 Å². The van der Waals surface area contributed by atoms with E-state index >= 15 is 0 Å². The molecule has 76 valence electrons. The maximum atomic E-state index is 5.23. The molecule has 1 aromatic carbocycles. The van der Waals surface area contributed by atoms with E-state index in [9.17, 15) is 0 Å². The van der Waals surface area contributed by atoms with E-state index in [0.717, 1.165) is 42.0 Å². The number of fused-ring (bicyclic) bond motifs is 1. The van der Waals surface area contributed by atoms with Gasteiger partial charge >= 0.3 is 0 Å². The number of amidine groups is 1. The third-order valence-corrected chi connectivity index (χ3v) is 2.53.